The molecule has 86 valence electrons. The van der Waals surface area contributed by atoms with Crippen LogP contribution in [-0.4, -0.2) is 28.0 Å². The summed E-state index contributed by atoms with van der Waals surface area (Å²) >= 11 is 6.93. The van der Waals surface area contributed by atoms with Crippen LogP contribution >= 0.6 is 24.0 Å². The van der Waals surface area contributed by atoms with E-state index in [0.717, 1.165) is 18.2 Å². The largest absolute Gasteiger partial charge is 0.388 e. The van der Waals surface area contributed by atoms with Crippen LogP contribution in [0.3, 0.4) is 0 Å². The molecular formula is C11H15N3S2. The van der Waals surface area contributed by atoms with Gasteiger partial charge in [0.1, 0.15) is 4.99 Å². The molecule has 3 nitrogen and oxygen atoms in total. The van der Waals surface area contributed by atoms with E-state index in [4.69, 9.17) is 18.0 Å². The first kappa shape index (κ1) is 11.7. The molecule has 0 radical (unpaired) electrons. The molecule has 1 saturated heterocycles. The van der Waals surface area contributed by atoms with Crippen LogP contribution < -0.4 is 11.1 Å². The van der Waals surface area contributed by atoms with Crippen molar-refractivity contribution in [2.45, 2.75) is 6.42 Å². The third-order valence-electron chi connectivity index (χ3n) is 2.63. The molecule has 1 unspecified atom stereocenters. The fraction of sp³-hybridized carbons (Fsp3) is 0.455. The van der Waals surface area contributed by atoms with Gasteiger partial charge in [-0.25, -0.2) is 0 Å². The molecule has 16 heavy (non-hydrogen) atoms. The summed E-state index contributed by atoms with van der Waals surface area (Å²) in [7, 11) is 0. The summed E-state index contributed by atoms with van der Waals surface area (Å²) in [5.74, 6) is 3.34. The molecule has 5 heteroatoms. The molecule has 2 rings (SSSR count). The van der Waals surface area contributed by atoms with E-state index in [1.165, 1.54) is 17.9 Å². The molecule has 3 N–H and O–H groups in total. The highest BCUT2D eigenvalue weighted by Gasteiger charge is 2.14. The van der Waals surface area contributed by atoms with Crippen molar-refractivity contribution in [1.82, 2.24) is 4.98 Å². The van der Waals surface area contributed by atoms with Gasteiger partial charge in [-0.2, -0.15) is 11.8 Å². The number of nitrogens with one attached hydrogen (secondary N) is 1. The minimum Gasteiger partial charge on any atom is -0.388 e. The Kier molecular flexibility index (Phi) is 4.01. The maximum Gasteiger partial charge on any atom is 0.122 e. The van der Waals surface area contributed by atoms with Crippen LogP contribution in [0.5, 0.6) is 0 Å². The number of thiocarbonyl (C=S) groups is 1. The van der Waals surface area contributed by atoms with Crippen molar-refractivity contribution < 1.29 is 0 Å². The van der Waals surface area contributed by atoms with Gasteiger partial charge in [-0.05, 0) is 36.0 Å². The van der Waals surface area contributed by atoms with E-state index >= 15 is 0 Å². The van der Waals surface area contributed by atoms with Crippen molar-refractivity contribution in [1.29, 1.82) is 0 Å². The zero-order chi connectivity index (χ0) is 11.4. The van der Waals surface area contributed by atoms with Gasteiger partial charge in [-0.15, -0.1) is 0 Å². The second kappa shape index (κ2) is 5.50. The molecule has 1 aromatic heterocycles. The van der Waals surface area contributed by atoms with Gasteiger partial charge in [0.15, 0.2) is 0 Å². The molecule has 0 spiro atoms. The molecule has 1 fully saturated rings. The molecule has 1 aliphatic rings. The third-order valence-corrected chi connectivity index (χ3v) is 4.07. The Balaban J connectivity index is 1.93. The van der Waals surface area contributed by atoms with Crippen molar-refractivity contribution in [2.24, 2.45) is 11.7 Å². The molecule has 0 aliphatic carbocycles. The standard InChI is InChI=1S/C11H15N3S2/c12-11(15)10-5-9(1-3-13-10)14-6-8-2-4-16-7-8/h1,3,5,8H,2,4,6-7H2,(H2,12,15)(H,13,14). The average Bonchev–Trinajstić information content (AvgIpc) is 2.79. The van der Waals surface area contributed by atoms with E-state index in [1.54, 1.807) is 6.20 Å². The topological polar surface area (TPSA) is 50.9 Å². The van der Waals surface area contributed by atoms with Crippen LogP contribution in [0.4, 0.5) is 5.69 Å². The molecule has 0 aromatic carbocycles. The van der Waals surface area contributed by atoms with Crippen LogP contribution in [0.2, 0.25) is 0 Å². The summed E-state index contributed by atoms with van der Waals surface area (Å²) < 4.78 is 0. The normalized spacial score (nSPS) is 19.6. The lowest BCUT2D eigenvalue weighted by Crippen LogP contribution is -2.15. The van der Waals surface area contributed by atoms with Gasteiger partial charge in [-0.3, -0.25) is 4.98 Å². The number of rotatable bonds is 4. The van der Waals surface area contributed by atoms with Crippen molar-refractivity contribution in [2.75, 3.05) is 23.4 Å². The quantitative estimate of drug-likeness (QED) is 0.802. The van der Waals surface area contributed by atoms with Crippen molar-refractivity contribution in [3.63, 3.8) is 0 Å². The first-order valence-corrected chi connectivity index (χ1v) is 6.89. The van der Waals surface area contributed by atoms with Gasteiger partial charge in [0.2, 0.25) is 0 Å². The maximum absolute atomic E-state index is 5.54. The van der Waals surface area contributed by atoms with Gasteiger partial charge >= 0.3 is 0 Å². The predicted molar refractivity (Wildman–Crippen MR) is 74.0 cm³/mol. The lowest BCUT2D eigenvalue weighted by atomic mass is 10.1. The maximum atomic E-state index is 5.54. The highest BCUT2D eigenvalue weighted by atomic mass is 32.2. The van der Waals surface area contributed by atoms with E-state index < -0.39 is 0 Å². The first-order valence-electron chi connectivity index (χ1n) is 5.33. The van der Waals surface area contributed by atoms with Crippen LogP contribution in [0, 0.1) is 5.92 Å². The van der Waals surface area contributed by atoms with Gasteiger partial charge in [0.05, 0.1) is 5.69 Å². The fourth-order valence-corrected chi connectivity index (χ4v) is 3.08. The Morgan fingerprint density at radius 1 is 1.69 bits per heavy atom. The van der Waals surface area contributed by atoms with Crippen molar-refractivity contribution in [3.8, 4) is 0 Å². The summed E-state index contributed by atoms with van der Waals surface area (Å²) in [6.45, 7) is 1.02. The Labute approximate surface area is 105 Å². The molecular weight excluding hydrogens is 238 g/mol. The fourth-order valence-electron chi connectivity index (χ4n) is 1.68. The lowest BCUT2D eigenvalue weighted by molar-refractivity contribution is 0.632. The Morgan fingerprint density at radius 3 is 3.25 bits per heavy atom. The molecule has 0 saturated carbocycles. The number of hydrogen-bond acceptors (Lipinski definition) is 4. The molecule has 0 bridgehead atoms. The SMILES string of the molecule is NC(=S)c1cc(NCC2CCSC2)ccn1. The van der Waals surface area contributed by atoms with E-state index in [1.807, 2.05) is 23.9 Å². The number of pyridine rings is 1. The summed E-state index contributed by atoms with van der Waals surface area (Å²) in [5.41, 5.74) is 7.27. The summed E-state index contributed by atoms with van der Waals surface area (Å²) in [5, 5.41) is 3.41. The zero-order valence-electron chi connectivity index (χ0n) is 8.98. The van der Waals surface area contributed by atoms with Gasteiger partial charge in [0.25, 0.3) is 0 Å². The highest BCUT2D eigenvalue weighted by Crippen LogP contribution is 2.23. The molecule has 1 aromatic rings. The minimum absolute atomic E-state index is 0.347. The average molecular weight is 253 g/mol. The lowest BCUT2D eigenvalue weighted by Gasteiger charge is -2.11. The van der Waals surface area contributed by atoms with E-state index in [0.29, 0.717) is 10.7 Å². The first-order chi connectivity index (χ1) is 7.75. The number of hydrogen-bond donors (Lipinski definition) is 2. The molecule has 1 aliphatic heterocycles. The minimum atomic E-state index is 0.347. The molecule has 2 heterocycles. The molecule has 1 atom stereocenters. The summed E-state index contributed by atoms with van der Waals surface area (Å²) in [4.78, 5) is 4.46. The van der Waals surface area contributed by atoms with Gasteiger partial charge in [-0.1, -0.05) is 12.2 Å². The van der Waals surface area contributed by atoms with Gasteiger partial charge < -0.3 is 11.1 Å². The Hall–Kier alpha value is -0.810. The van der Waals surface area contributed by atoms with E-state index in [-0.39, 0.29) is 0 Å². The highest BCUT2D eigenvalue weighted by molar-refractivity contribution is 7.99. The monoisotopic (exact) mass is 253 g/mol. The third kappa shape index (κ3) is 3.09. The summed E-state index contributed by atoms with van der Waals surface area (Å²) in [6.07, 6.45) is 3.05. The second-order valence-corrected chi connectivity index (χ2v) is 5.49. The molecule has 0 amide bonds. The second-order valence-electron chi connectivity index (χ2n) is 3.90. The van der Waals surface area contributed by atoms with E-state index in [9.17, 15) is 0 Å². The zero-order valence-corrected chi connectivity index (χ0v) is 10.6. The van der Waals surface area contributed by atoms with Crippen molar-refractivity contribution in [3.05, 3.63) is 24.0 Å². The smallest absolute Gasteiger partial charge is 0.122 e. The van der Waals surface area contributed by atoms with E-state index in [2.05, 4.69) is 10.3 Å². The Morgan fingerprint density at radius 2 is 2.56 bits per heavy atom. The van der Waals surface area contributed by atoms with Crippen molar-refractivity contribution >= 4 is 34.7 Å². The van der Waals surface area contributed by atoms with Crippen LogP contribution in [0.1, 0.15) is 12.1 Å². The van der Waals surface area contributed by atoms with Crippen LogP contribution in [0.25, 0.3) is 0 Å². The number of aromatic nitrogens is 1. The number of anilines is 1. The number of thioether (sulfide) groups is 1. The number of nitrogens with zero attached hydrogens (tertiary/aromatic N) is 1. The number of nitrogens with two attached hydrogens (primary N) is 1. The van der Waals surface area contributed by atoms with Gasteiger partial charge in [0, 0.05) is 18.4 Å². The Bertz CT molecular complexity index is 375. The summed E-state index contributed by atoms with van der Waals surface area (Å²) in [6, 6.07) is 3.86. The van der Waals surface area contributed by atoms with Crippen LogP contribution in [-0.2, 0) is 0 Å². The van der Waals surface area contributed by atoms with Crippen LogP contribution in [0.15, 0.2) is 18.3 Å². The predicted octanol–water partition coefficient (Wildman–Crippen LogP) is 1.88.